The molecule has 0 bridgehead atoms. The lowest BCUT2D eigenvalue weighted by atomic mass is 10.1. The van der Waals surface area contributed by atoms with Crippen LogP contribution in [-0.2, 0) is 6.54 Å². The second-order valence-corrected chi connectivity index (χ2v) is 5.05. The van der Waals surface area contributed by atoms with E-state index in [1.807, 2.05) is 30.3 Å². The fourth-order valence-electron chi connectivity index (χ4n) is 2.37. The third-order valence-corrected chi connectivity index (χ3v) is 3.64. The molecule has 118 valence electrons. The predicted octanol–water partition coefficient (Wildman–Crippen LogP) is 3.56. The molecule has 4 heteroatoms. The highest BCUT2D eigenvalue weighted by molar-refractivity contribution is 5.53. The molecule has 0 radical (unpaired) electrons. The van der Waals surface area contributed by atoms with Gasteiger partial charge in [-0.1, -0.05) is 30.3 Å². The molecule has 0 aliphatic heterocycles. The highest BCUT2D eigenvalue weighted by Crippen LogP contribution is 2.38. The Morgan fingerprint density at radius 1 is 0.909 bits per heavy atom. The van der Waals surface area contributed by atoms with E-state index < -0.39 is 0 Å². The average Bonchev–Trinajstić information content (AvgIpc) is 2.59. The lowest BCUT2D eigenvalue weighted by molar-refractivity contribution is 0.323. The van der Waals surface area contributed by atoms with Crippen molar-refractivity contribution in [2.45, 2.75) is 19.5 Å². The van der Waals surface area contributed by atoms with E-state index in [-0.39, 0.29) is 6.04 Å². The molecule has 0 aliphatic carbocycles. The molecule has 0 fully saturated rings. The average molecular weight is 301 g/mol. The highest BCUT2D eigenvalue weighted by Gasteiger charge is 2.13. The number of nitrogens with one attached hydrogen (secondary N) is 1. The van der Waals surface area contributed by atoms with Crippen LogP contribution in [0, 0.1) is 0 Å². The van der Waals surface area contributed by atoms with Crippen molar-refractivity contribution in [3.63, 3.8) is 0 Å². The topological polar surface area (TPSA) is 39.7 Å². The number of hydrogen-bond donors (Lipinski definition) is 1. The van der Waals surface area contributed by atoms with Crippen molar-refractivity contribution in [3.05, 3.63) is 53.6 Å². The minimum Gasteiger partial charge on any atom is -0.493 e. The van der Waals surface area contributed by atoms with Crippen LogP contribution in [0.1, 0.15) is 24.1 Å². The fourth-order valence-corrected chi connectivity index (χ4v) is 2.37. The third-order valence-electron chi connectivity index (χ3n) is 3.64. The molecule has 0 aliphatic rings. The Balaban J connectivity index is 2.13. The zero-order valence-corrected chi connectivity index (χ0v) is 13.6. The van der Waals surface area contributed by atoms with Crippen molar-refractivity contribution in [1.29, 1.82) is 0 Å². The minimum atomic E-state index is 0.264. The van der Waals surface area contributed by atoms with E-state index in [4.69, 9.17) is 14.2 Å². The zero-order valence-electron chi connectivity index (χ0n) is 13.6. The van der Waals surface area contributed by atoms with Crippen molar-refractivity contribution in [2.24, 2.45) is 0 Å². The van der Waals surface area contributed by atoms with Crippen LogP contribution < -0.4 is 19.5 Å². The van der Waals surface area contributed by atoms with Gasteiger partial charge in [0.15, 0.2) is 11.5 Å². The summed E-state index contributed by atoms with van der Waals surface area (Å²) in [5.41, 5.74) is 2.34. The van der Waals surface area contributed by atoms with Gasteiger partial charge >= 0.3 is 0 Å². The van der Waals surface area contributed by atoms with E-state index in [1.54, 1.807) is 21.3 Å². The highest BCUT2D eigenvalue weighted by atomic mass is 16.5. The van der Waals surface area contributed by atoms with Gasteiger partial charge in [-0.15, -0.1) is 0 Å². The Hall–Kier alpha value is -2.20. The largest absolute Gasteiger partial charge is 0.493 e. The summed E-state index contributed by atoms with van der Waals surface area (Å²) in [6, 6.07) is 14.5. The summed E-state index contributed by atoms with van der Waals surface area (Å²) in [4.78, 5) is 0. The number of ether oxygens (including phenoxy) is 3. The Morgan fingerprint density at radius 2 is 1.50 bits per heavy atom. The van der Waals surface area contributed by atoms with Gasteiger partial charge < -0.3 is 19.5 Å². The molecule has 0 heterocycles. The van der Waals surface area contributed by atoms with E-state index in [1.165, 1.54) is 5.56 Å². The second-order valence-electron chi connectivity index (χ2n) is 5.05. The van der Waals surface area contributed by atoms with Crippen molar-refractivity contribution in [3.8, 4) is 17.2 Å². The summed E-state index contributed by atoms with van der Waals surface area (Å²) in [7, 11) is 4.86. The predicted molar refractivity (Wildman–Crippen MR) is 87.8 cm³/mol. The van der Waals surface area contributed by atoms with E-state index in [0.717, 1.165) is 5.56 Å². The number of rotatable bonds is 7. The van der Waals surface area contributed by atoms with Crippen LogP contribution in [0.3, 0.4) is 0 Å². The molecular formula is C18H23NO3. The van der Waals surface area contributed by atoms with Crippen LogP contribution in [0.2, 0.25) is 0 Å². The van der Waals surface area contributed by atoms with Crippen LogP contribution in [0.5, 0.6) is 17.2 Å². The number of methoxy groups -OCH3 is 3. The van der Waals surface area contributed by atoms with Gasteiger partial charge in [-0.2, -0.15) is 0 Å². The summed E-state index contributed by atoms with van der Waals surface area (Å²) in [6.07, 6.45) is 0. The molecule has 0 saturated heterocycles. The smallest absolute Gasteiger partial charge is 0.203 e. The number of benzene rings is 2. The first-order chi connectivity index (χ1) is 10.7. The Morgan fingerprint density at radius 3 is 2.00 bits per heavy atom. The lowest BCUT2D eigenvalue weighted by Crippen LogP contribution is -2.18. The Labute approximate surface area is 132 Å². The molecule has 1 unspecified atom stereocenters. The Kier molecular flexibility index (Phi) is 5.67. The molecule has 1 N–H and O–H groups in total. The second kappa shape index (κ2) is 7.71. The maximum Gasteiger partial charge on any atom is 0.203 e. The normalized spacial score (nSPS) is 11.8. The molecule has 2 rings (SSSR count). The van der Waals surface area contributed by atoms with Gasteiger partial charge in [0, 0.05) is 12.6 Å². The maximum absolute atomic E-state index is 5.38. The number of hydrogen-bond acceptors (Lipinski definition) is 4. The van der Waals surface area contributed by atoms with Crippen molar-refractivity contribution in [1.82, 2.24) is 5.32 Å². The molecule has 0 spiro atoms. The minimum absolute atomic E-state index is 0.264. The van der Waals surface area contributed by atoms with Gasteiger partial charge in [-0.25, -0.2) is 0 Å². The maximum atomic E-state index is 5.38. The van der Waals surface area contributed by atoms with Crippen LogP contribution in [0.15, 0.2) is 42.5 Å². The SMILES string of the molecule is COc1cc(CNC(C)c2ccccc2)cc(OC)c1OC. The van der Waals surface area contributed by atoms with E-state index >= 15 is 0 Å². The summed E-state index contributed by atoms with van der Waals surface area (Å²) in [6.45, 7) is 2.86. The molecule has 0 amide bonds. The van der Waals surface area contributed by atoms with Crippen molar-refractivity contribution < 1.29 is 14.2 Å². The first kappa shape index (κ1) is 16.2. The van der Waals surface area contributed by atoms with Crippen LogP contribution in [0.4, 0.5) is 0 Å². The standard InChI is InChI=1S/C18H23NO3/c1-13(15-8-6-5-7-9-15)19-12-14-10-16(20-2)18(22-4)17(11-14)21-3/h5-11,13,19H,12H2,1-4H3. The molecule has 2 aromatic carbocycles. The fraction of sp³-hybridized carbons (Fsp3) is 0.333. The van der Waals surface area contributed by atoms with E-state index in [0.29, 0.717) is 23.8 Å². The van der Waals surface area contributed by atoms with Crippen LogP contribution >= 0.6 is 0 Å². The molecular weight excluding hydrogens is 278 g/mol. The molecule has 0 aromatic heterocycles. The first-order valence-corrected chi connectivity index (χ1v) is 7.26. The van der Waals surface area contributed by atoms with Gasteiger partial charge in [0.25, 0.3) is 0 Å². The van der Waals surface area contributed by atoms with E-state index in [9.17, 15) is 0 Å². The quantitative estimate of drug-likeness (QED) is 0.849. The summed E-state index contributed by atoms with van der Waals surface area (Å²) < 4.78 is 16.1. The summed E-state index contributed by atoms with van der Waals surface area (Å²) >= 11 is 0. The summed E-state index contributed by atoms with van der Waals surface area (Å²) in [5.74, 6) is 1.96. The molecule has 0 saturated carbocycles. The zero-order chi connectivity index (χ0) is 15.9. The first-order valence-electron chi connectivity index (χ1n) is 7.26. The van der Waals surface area contributed by atoms with Crippen molar-refractivity contribution in [2.75, 3.05) is 21.3 Å². The van der Waals surface area contributed by atoms with Gasteiger partial charge in [0.2, 0.25) is 5.75 Å². The molecule has 4 nitrogen and oxygen atoms in total. The van der Waals surface area contributed by atoms with Gasteiger partial charge in [-0.05, 0) is 30.2 Å². The molecule has 22 heavy (non-hydrogen) atoms. The summed E-state index contributed by atoms with van der Waals surface area (Å²) in [5, 5.41) is 3.50. The Bertz CT molecular complexity index is 574. The third kappa shape index (κ3) is 3.71. The van der Waals surface area contributed by atoms with Crippen molar-refractivity contribution >= 4 is 0 Å². The van der Waals surface area contributed by atoms with Gasteiger partial charge in [0.05, 0.1) is 21.3 Å². The van der Waals surface area contributed by atoms with Crippen LogP contribution in [0.25, 0.3) is 0 Å². The lowest BCUT2D eigenvalue weighted by Gasteiger charge is -2.17. The van der Waals surface area contributed by atoms with Crippen LogP contribution in [-0.4, -0.2) is 21.3 Å². The van der Waals surface area contributed by atoms with E-state index in [2.05, 4.69) is 24.4 Å². The van der Waals surface area contributed by atoms with Gasteiger partial charge in [0.1, 0.15) is 0 Å². The molecule has 2 aromatic rings. The van der Waals surface area contributed by atoms with Gasteiger partial charge in [-0.3, -0.25) is 0 Å². The monoisotopic (exact) mass is 301 g/mol. The molecule has 1 atom stereocenters.